The first-order valence-electron chi connectivity index (χ1n) is 11.6. The molecule has 0 aromatic carbocycles. The van der Waals surface area contributed by atoms with Gasteiger partial charge in [-0.2, -0.15) is 52.7 Å². The number of halogens is 12. The summed E-state index contributed by atoms with van der Waals surface area (Å²) < 4.78 is 127. The van der Waals surface area contributed by atoms with Gasteiger partial charge in [0.05, 0.1) is 0 Å². The Morgan fingerprint density at radius 3 is 0.435 bits per heavy atom. The molecule has 0 atom stereocenters. The van der Waals surface area contributed by atoms with Gasteiger partial charge in [0.1, 0.15) is 0 Å². The van der Waals surface area contributed by atoms with Gasteiger partial charge in [0.2, 0.25) is 0 Å². The van der Waals surface area contributed by atoms with E-state index in [1.54, 1.807) is 0 Å². The van der Waals surface area contributed by atoms with Crippen molar-refractivity contribution in [2.45, 2.75) is 76.1 Å². The smallest absolute Gasteiger partial charge is 0.475 e. The first kappa shape index (κ1) is 55.6. The molecule has 46 heavy (non-hydrogen) atoms. The molecule has 0 heterocycles. The van der Waals surface area contributed by atoms with Crippen LogP contribution in [0.2, 0.25) is 0 Å². The number of hydrogen-bond donors (Lipinski definition) is 4. The Hall–Kier alpha value is -2.75. The number of hydrogen-bond acceptors (Lipinski definition) is 4. The first-order valence-corrected chi connectivity index (χ1v) is 11.6. The Labute approximate surface area is 279 Å². The average Bonchev–Trinajstić information content (AvgIpc) is 2.77. The molecule has 0 radical (unpaired) electrons. The topological polar surface area (TPSA) is 149 Å². The summed E-state index contributed by atoms with van der Waals surface area (Å²) >= 11 is 0. The predicted octanol–water partition coefficient (Wildman–Crippen LogP) is 7.87. The number of alkyl halides is 12. The van der Waals surface area contributed by atoms with Gasteiger partial charge < -0.3 is 20.4 Å². The molecule has 2 rings (SSSR count). The van der Waals surface area contributed by atoms with Gasteiger partial charge in [-0.05, 0) is 51.4 Å². The Balaban J connectivity index is -0.000000104. The van der Waals surface area contributed by atoms with E-state index in [0.717, 1.165) is 0 Å². The maximum atomic E-state index is 10.6. The van der Waals surface area contributed by atoms with E-state index in [2.05, 4.69) is 48.6 Å². The van der Waals surface area contributed by atoms with Gasteiger partial charge in [-0.3, -0.25) is 0 Å². The van der Waals surface area contributed by atoms with Crippen LogP contribution in [0.3, 0.4) is 0 Å². The summed E-state index contributed by atoms with van der Waals surface area (Å²) in [5.41, 5.74) is 0. The van der Waals surface area contributed by atoms with Crippen LogP contribution in [0.4, 0.5) is 52.7 Å². The second kappa shape index (κ2) is 29.6. The molecular formula is C24H28F12O8Ru2. The van der Waals surface area contributed by atoms with E-state index in [4.69, 9.17) is 39.6 Å². The van der Waals surface area contributed by atoms with Crippen molar-refractivity contribution in [2.75, 3.05) is 0 Å². The van der Waals surface area contributed by atoms with Gasteiger partial charge in [0.25, 0.3) is 0 Å². The van der Waals surface area contributed by atoms with E-state index >= 15 is 0 Å². The van der Waals surface area contributed by atoms with Crippen LogP contribution >= 0.6 is 0 Å². The quantitative estimate of drug-likeness (QED) is 0.109. The maximum Gasteiger partial charge on any atom is 0.490 e. The van der Waals surface area contributed by atoms with Crippen LogP contribution in [0.5, 0.6) is 0 Å². The summed E-state index contributed by atoms with van der Waals surface area (Å²) in [7, 11) is 0. The molecule has 8 nitrogen and oxygen atoms in total. The van der Waals surface area contributed by atoms with Crippen LogP contribution in [0.1, 0.15) is 51.4 Å². The standard InChI is InChI=1S/2C8H12.4C2HF3O2.2Ru/c2*1-2-4-6-8-7-5-3-1;4*3-2(4,5)1(6)7;;/h2*1-2,7-8H,3-6H2;4*(H,6,7);;/b2*2-1-,8-7-;;;;;;. The molecular weight excluding hydrogens is 846 g/mol. The summed E-state index contributed by atoms with van der Waals surface area (Å²) in [6, 6.07) is 0. The molecule has 2 aliphatic carbocycles. The summed E-state index contributed by atoms with van der Waals surface area (Å²) in [6.07, 6.45) is 7.67. The van der Waals surface area contributed by atoms with Crippen LogP contribution in [-0.2, 0) is 58.1 Å². The second-order valence-electron chi connectivity index (χ2n) is 7.41. The number of rotatable bonds is 0. The van der Waals surface area contributed by atoms with Gasteiger partial charge in [-0.25, -0.2) is 19.2 Å². The number of aliphatic carboxylic acids is 4. The zero-order valence-electron chi connectivity index (χ0n) is 22.9. The average molecular weight is 875 g/mol. The Bertz CT molecular complexity index is 779. The van der Waals surface area contributed by atoms with E-state index in [0.29, 0.717) is 0 Å². The van der Waals surface area contributed by atoms with Gasteiger partial charge in [-0.15, -0.1) is 0 Å². The number of carboxylic acid groups (broad SMARTS) is 4. The molecule has 272 valence electrons. The minimum Gasteiger partial charge on any atom is -0.475 e. The van der Waals surface area contributed by atoms with E-state index in [1.807, 2.05) is 0 Å². The molecule has 0 fully saturated rings. The van der Waals surface area contributed by atoms with Crippen LogP contribution < -0.4 is 0 Å². The van der Waals surface area contributed by atoms with Crippen LogP contribution in [0.25, 0.3) is 0 Å². The largest absolute Gasteiger partial charge is 0.490 e. The van der Waals surface area contributed by atoms with E-state index in [-0.39, 0.29) is 39.0 Å². The molecule has 2 aliphatic rings. The molecule has 0 aromatic heterocycles. The minimum absolute atomic E-state index is 0. The Morgan fingerprint density at radius 2 is 0.391 bits per heavy atom. The zero-order valence-corrected chi connectivity index (χ0v) is 26.4. The van der Waals surface area contributed by atoms with Crippen LogP contribution in [0.15, 0.2) is 48.6 Å². The molecule has 0 aliphatic heterocycles. The number of carbonyl (C=O) groups is 4. The summed E-state index contributed by atoms with van der Waals surface area (Å²) in [5, 5.41) is 28.5. The molecule has 0 unspecified atom stereocenters. The molecule has 0 bridgehead atoms. The van der Waals surface area contributed by atoms with Crippen molar-refractivity contribution in [3.63, 3.8) is 0 Å². The van der Waals surface area contributed by atoms with Gasteiger partial charge in [-0.1, -0.05) is 48.6 Å². The summed E-state index contributed by atoms with van der Waals surface area (Å²) in [4.78, 5) is 35.6. The van der Waals surface area contributed by atoms with Crippen molar-refractivity contribution in [3.05, 3.63) is 48.6 Å². The van der Waals surface area contributed by atoms with Crippen molar-refractivity contribution < 1.29 is 131 Å². The fraction of sp³-hybridized carbons (Fsp3) is 0.500. The van der Waals surface area contributed by atoms with E-state index in [1.165, 1.54) is 51.4 Å². The third-order valence-electron chi connectivity index (χ3n) is 3.64. The predicted molar refractivity (Wildman–Crippen MR) is 128 cm³/mol. The van der Waals surface area contributed by atoms with Crippen LogP contribution in [0, 0.1) is 0 Å². The molecule has 0 saturated carbocycles. The van der Waals surface area contributed by atoms with Gasteiger partial charge >= 0.3 is 48.6 Å². The second-order valence-corrected chi connectivity index (χ2v) is 7.41. The first-order chi connectivity index (χ1) is 19.8. The molecule has 0 amide bonds. The number of carboxylic acids is 4. The molecule has 0 saturated heterocycles. The van der Waals surface area contributed by atoms with Crippen molar-refractivity contribution >= 4 is 23.9 Å². The van der Waals surface area contributed by atoms with Crippen molar-refractivity contribution in [2.24, 2.45) is 0 Å². The van der Waals surface area contributed by atoms with Gasteiger partial charge in [0.15, 0.2) is 0 Å². The maximum absolute atomic E-state index is 10.6. The van der Waals surface area contributed by atoms with E-state index < -0.39 is 48.6 Å². The fourth-order valence-electron chi connectivity index (χ4n) is 1.71. The molecule has 0 aromatic rings. The zero-order chi connectivity index (χ0) is 35.6. The van der Waals surface area contributed by atoms with Crippen molar-refractivity contribution in [1.29, 1.82) is 0 Å². The van der Waals surface area contributed by atoms with Gasteiger partial charge in [0, 0.05) is 39.0 Å². The normalized spacial score (nSPS) is 16.6. The van der Waals surface area contributed by atoms with Crippen molar-refractivity contribution in [3.8, 4) is 0 Å². The Morgan fingerprint density at radius 1 is 0.326 bits per heavy atom. The molecule has 4 N–H and O–H groups in total. The molecule has 0 spiro atoms. The SMILES string of the molecule is C1=C\CC/C=C\CC/1.C1=C\CC/C=C\CC/1.O=C(O)C(F)(F)F.O=C(O)C(F)(F)F.O=C(O)C(F)(F)F.O=C(O)C(F)(F)F.[Ru].[Ru]. The third-order valence-corrected chi connectivity index (χ3v) is 3.64. The summed E-state index contributed by atoms with van der Waals surface area (Å²) in [5.74, 6) is -11.0. The minimum atomic E-state index is -5.08. The van der Waals surface area contributed by atoms with Crippen LogP contribution in [-0.4, -0.2) is 69.0 Å². The van der Waals surface area contributed by atoms with Crippen molar-refractivity contribution in [1.82, 2.24) is 0 Å². The number of allylic oxidation sites excluding steroid dienone is 8. The molecule has 22 heteroatoms. The van der Waals surface area contributed by atoms with E-state index in [9.17, 15) is 52.7 Å². The summed E-state index contributed by atoms with van der Waals surface area (Å²) in [6.45, 7) is 0. The Kier molecular flexibility index (Phi) is 35.8. The fourth-order valence-corrected chi connectivity index (χ4v) is 1.71. The monoisotopic (exact) mass is 876 g/mol. The third kappa shape index (κ3) is 48.2.